The van der Waals surface area contributed by atoms with Gasteiger partial charge in [0.15, 0.2) is 0 Å². The van der Waals surface area contributed by atoms with Gasteiger partial charge in [0.2, 0.25) is 0 Å². The summed E-state index contributed by atoms with van der Waals surface area (Å²) >= 11 is 0. The van der Waals surface area contributed by atoms with Crippen LogP contribution >= 0.6 is 0 Å². The molecular weight excluding hydrogens is 404 g/mol. The third kappa shape index (κ3) is 17.0. The predicted molar refractivity (Wildman–Crippen MR) is 151 cm³/mol. The highest BCUT2D eigenvalue weighted by Gasteiger charge is 2.13. The van der Waals surface area contributed by atoms with Crippen LogP contribution in [0.2, 0.25) is 0 Å². The van der Waals surface area contributed by atoms with Crippen LogP contribution in [0.25, 0.3) is 0 Å². The molecule has 0 aliphatic carbocycles. The van der Waals surface area contributed by atoms with Crippen LogP contribution in [-0.4, -0.2) is 20.5 Å². The Morgan fingerprint density at radius 2 is 1.36 bits per heavy atom. The van der Waals surface area contributed by atoms with Gasteiger partial charge in [-0.2, -0.15) is 0 Å². The van der Waals surface area contributed by atoms with Crippen molar-refractivity contribution in [3.05, 3.63) is 84.1 Å². The van der Waals surface area contributed by atoms with E-state index in [2.05, 4.69) is 79.7 Å². The molecule has 0 spiro atoms. The van der Waals surface area contributed by atoms with Crippen molar-refractivity contribution in [3.8, 4) is 0 Å². The minimum absolute atomic E-state index is 0.487. The minimum Gasteiger partial charge on any atom is -0.380 e. The van der Waals surface area contributed by atoms with Gasteiger partial charge in [-0.1, -0.05) is 97.1 Å². The molecule has 0 aliphatic heterocycles. The lowest BCUT2D eigenvalue weighted by Crippen LogP contribution is -2.04. The van der Waals surface area contributed by atoms with Gasteiger partial charge in [-0.25, -0.2) is 0 Å². The van der Waals surface area contributed by atoms with Crippen molar-refractivity contribution in [2.24, 2.45) is 11.8 Å². The standard InChI is InChI=1S/C26H42O.C4H8.CH2O/c1-11-19(4)14-15-21(6)22(7)16-17-23(8)24(9)25(13-3)26(18-27-10)20(5)12-2;1-4(2)3;1-2/h16-17,19,21H,5,7-9,11-15,18H2,1-4,6,10H3;1H2,2-3H3;1H2/b17-16-,26-25-;;. The Morgan fingerprint density at radius 3 is 1.76 bits per heavy atom. The van der Waals surface area contributed by atoms with Crippen molar-refractivity contribution in [1.29, 1.82) is 0 Å². The summed E-state index contributed by atoms with van der Waals surface area (Å²) in [7, 11) is 1.72. The molecule has 0 aromatic rings. The summed E-state index contributed by atoms with van der Waals surface area (Å²) in [4.78, 5) is 8.00. The molecule has 0 aromatic carbocycles. The molecule has 0 heterocycles. The maximum atomic E-state index is 8.00. The summed E-state index contributed by atoms with van der Waals surface area (Å²) in [5, 5.41) is 0. The maximum Gasteiger partial charge on any atom is 0.106 e. The number of carbonyl (C=O) groups excluding carboxylic acids is 1. The lowest BCUT2D eigenvalue weighted by atomic mass is 9.88. The third-order valence-corrected chi connectivity index (χ3v) is 5.53. The van der Waals surface area contributed by atoms with E-state index in [1.165, 1.54) is 30.4 Å². The maximum absolute atomic E-state index is 8.00. The zero-order valence-electron chi connectivity index (χ0n) is 23.1. The number of hydrogen-bond donors (Lipinski definition) is 0. The fourth-order valence-electron chi connectivity index (χ4n) is 2.96. The molecule has 2 unspecified atom stereocenters. The van der Waals surface area contributed by atoms with Crippen molar-refractivity contribution >= 4 is 6.79 Å². The second-order valence-electron chi connectivity index (χ2n) is 8.81. The van der Waals surface area contributed by atoms with Gasteiger partial charge < -0.3 is 9.53 Å². The average Bonchev–Trinajstić information content (AvgIpc) is 2.80. The van der Waals surface area contributed by atoms with Gasteiger partial charge in [-0.05, 0) is 72.8 Å². The van der Waals surface area contributed by atoms with E-state index in [1.54, 1.807) is 7.11 Å². The molecule has 2 atom stereocenters. The van der Waals surface area contributed by atoms with Gasteiger partial charge in [0.25, 0.3) is 0 Å². The van der Waals surface area contributed by atoms with E-state index in [0.29, 0.717) is 12.5 Å². The molecule has 0 rings (SSSR count). The van der Waals surface area contributed by atoms with Crippen LogP contribution in [0.1, 0.15) is 80.6 Å². The zero-order valence-corrected chi connectivity index (χ0v) is 23.1. The molecule has 0 saturated heterocycles. The van der Waals surface area contributed by atoms with Crippen LogP contribution in [0.4, 0.5) is 0 Å². The molecule has 33 heavy (non-hydrogen) atoms. The van der Waals surface area contributed by atoms with Gasteiger partial charge in [0, 0.05) is 7.11 Å². The van der Waals surface area contributed by atoms with Crippen molar-refractivity contribution < 1.29 is 9.53 Å². The Bertz CT molecular complexity index is 684. The Balaban J connectivity index is -0.00000134. The third-order valence-electron chi connectivity index (χ3n) is 5.53. The van der Waals surface area contributed by atoms with Gasteiger partial charge in [0.1, 0.15) is 6.79 Å². The van der Waals surface area contributed by atoms with Crippen LogP contribution < -0.4 is 0 Å². The van der Waals surface area contributed by atoms with Crippen LogP contribution in [-0.2, 0) is 9.53 Å². The average molecular weight is 457 g/mol. The summed E-state index contributed by atoms with van der Waals surface area (Å²) in [6.45, 7) is 38.2. The highest BCUT2D eigenvalue weighted by atomic mass is 16.5. The monoisotopic (exact) mass is 456 g/mol. The van der Waals surface area contributed by atoms with Crippen molar-refractivity contribution in [3.63, 3.8) is 0 Å². The largest absolute Gasteiger partial charge is 0.380 e. The van der Waals surface area contributed by atoms with E-state index < -0.39 is 0 Å². The van der Waals surface area contributed by atoms with Crippen molar-refractivity contribution in [2.45, 2.75) is 80.6 Å². The van der Waals surface area contributed by atoms with Gasteiger partial charge in [0.05, 0.1) is 6.61 Å². The van der Waals surface area contributed by atoms with Crippen LogP contribution in [0.15, 0.2) is 84.1 Å². The van der Waals surface area contributed by atoms with E-state index in [1.807, 2.05) is 20.6 Å². The number of methoxy groups -OCH3 is 1. The number of allylic oxidation sites excluding steroid dienone is 7. The molecular formula is C31H52O2. The second kappa shape index (κ2) is 21.6. The first kappa shape index (κ1) is 35.4. The molecule has 0 aromatic heterocycles. The Labute approximate surface area is 206 Å². The summed E-state index contributed by atoms with van der Waals surface area (Å²) in [6.07, 6.45) is 9.62. The molecule has 0 bridgehead atoms. The number of carbonyl (C=O) groups is 1. The Hall–Kier alpha value is -2.19. The molecule has 0 saturated carbocycles. The molecule has 188 valence electrons. The number of rotatable bonds is 14. The van der Waals surface area contributed by atoms with Crippen molar-refractivity contribution in [2.75, 3.05) is 13.7 Å². The first-order valence-electron chi connectivity index (χ1n) is 12.0. The molecule has 2 nitrogen and oxygen atoms in total. The predicted octanol–water partition coefficient (Wildman–Crippen LogP) is 9.39. The van der Waals surface area contributed by atoms with Gasteiger partial charge in [-0.15, -0.1) is 6.58 Å². The highest BCUT2D eigenvalue weighted by molar-refractivity contribution is 5.54. The fourth-order valence-corrected chi connectivity index (χ4v) is 2.96. The molecule has 0 amide bonds. The molecule has 0 radical (unpaired) electrons. The molecule has 0 N–H and O–H groups in total. The molecule has 0 aliphatic rings. The first-order chi connectivity index (χ1) is 15.5. The zero-order chi connectivity index (χ0) is 26.6. The fraction of sp³-hybridized carbons (Fsp3) is 0.516. The van der Waals surface area contributed by atoms with E-state index in [4.69, 9.17) is 9.53 Å². The molecule has 0 fully saturated rings. The number of ether oxygens (including phenoxy) is 1. The molecule has 2 heteroatoms. The Morgan fingerprint density at radius 1 is 0.848 bits per heavy atom. The van der Waals surface area contributed by atoms with Crippen molar-refractivity contribution in [1.82, 2.24) is 0 Å². The number of hydrogen-bond acceptors (Lipinski definition) is 2. The highest BCUT2D eigenvalue weighted by Crippen LogP contribution is 2.29. The van der Waals surface area contributed by atoms with Crippen LogP contribution in [0.5, 0.6) is 0 Å². The quantitative estimate of drug-likeness (QED) is 0.192. The summed E-state index contributed by atoms with van der Waals surface area (Å²) in [6, 6.07) is 0. The smallest absolute Gasteiger partial charge is 0.106 e. The first-order valence-corrected chi connectivity index (χ1v) is 12.0. The summed E-state index contributed by atoms with van der Waals surface area (Å²) in [5.41, 5.74) is 7.67. The summed E-state index contributed by atoms with van der Waals surface area (Å²) < 4.78 is 5.40. The second-order valence-corrected chi connectivity index (χ2v) is 8.81. The topological polar surface area (TPSA) is 26.3 Å². The van der Waals surface area contributed by atoms with E-state index in [9.17, 15) is 0 Å². The van der Waals surface area contributed by atoms with Gasteiger partial charge in [-0.3, -0.25) is 0 Å². The van der Waals surface area contributed by atoms with Crippen LogP contribution in [0, 0.1) is 11.8 Å². The van der Waals surface area contributed by atoms with Gasteiger partial charge >= 0.3 is 0 Å². The lowest BCUT2D eigenvalue weighted by Gasteiger charge is -2.18. The van der Waals surface area contributed by atoms with E-state index in [-0.39, 0.29) is 0 Å². The van der Waals surface area contributed by atoms with E-state index >= 15 is 0 Å². The van der Waals surface area contributed by atoms with E-state index in [0.717, 1.165) is 46.6 Å². The normalized spacial score (nSPS) is 12.8. The summed E-state index contributed by atoms with van der Waals surface area (Å²) in [5.74, 6) is 1.27. The lowest BCUT2D eigenvalue weighted by molar-refractivity contribution is -0.0979. The van der Waals surface area contributed by atoms with Crippen LogP contribution in [0.3, 0.4) is 0 Å². The minimum atomic E-state index is 0.487. The Kier molecular flexibility index (Phi) is 23.2. The SMILES string of the molecule is C=C(/C=C\C(=C)C(C)CCC(C)CC)C(=C)/C(CC)=C(/COC)C(=C)CC.C=C(C)C.C=O.